The molecule has 0 saturated carbocycles. The van der Waals surface area contributed by atoms with Gasteiger partial charge in [-0.2, -0.15) is 5.10 Å². The highest BCUT2D eigenvalue weighted by atomic mass is 79.9. The van der Waals surface area contributed by atoms with E-state index in [2.05, 4.69) is 31.7 Å². The lowest BCUT2D eigenvalue weighted by atomic mass is 10.1. The summed E-state index contributed by atoms with van der Waals surface area (Å²) in [7, 11) is 0. The van der Waals surface area contributed by atoms with Crippen molar-refractivity contribution < 1.29 is 9.59 Å². The molecule has 2 aromatic rings. The fourth-order valence-corrected chi connectivity index (χ4v) is 2.58. The van der Waals surface area contributed by atoms with Gasteiger partial charge in [-0.3, -0.25) is 14.3 Å². The van der Waals surface area contributed by atoms with Crippen molar-refractivity contribution >= 4 is 39.1 Å². The average Bonchev–Trinajstić information content (AvgIpc) is 2.76. The first-order valence-corrected chi connectivity index (χ1v) is 8.45. The van der Waals surface area contributed by atoms with E-state index >= 15 is 0 Å². The molecule has 0 spiro atoms. The number of amides is 2. The fraction of sp³-hybridized carbons (Fsp3) is 0.353. The standard InChI is InChI=1S/C17H21BrN4O2/c1-10(9-22-12(3)16(18)11(2)21-22)17(24)20-15-7-5-14(6-8-15)19-13(4)23/h5-8,10H,9H2,1-4H3,(H,19,23)(H,20,24). The highest BCUT2D eigenvalue weighted by Gasteiger charge is 2.17. The Balaban J connectivity index is 1.98. The third-order valence-corrected chi connectivity index (χ3v) is 4.81. The number of carbonyl (C=O) groups is 2. The Morgan fingerprint density at radius 1 is 1.17 bits per heavy atom. The summed E-state index contributed by atoms with van der Waals surface area (Å²) in [4.78, 5) is 23.3. The third-order valence-electron chi connectivity index (χ3n) is 3.66. The number of rotatable bonds is 5. The number of aryl methyl sites for hydroxylation is 1. The van der Waals surface area contributed by atoms with Crippen molar-refractivity contribution in [1.82, 2.24) is 9.78 Å². The molecule has 0 saturated heterocycles. The number of benzene rings is 1. The van der Waals surface area contributed by atoms with Crippen molar-refractivity contribution in [1.29, 1.82) is 0 Å². The molecule has 24 heavy (non-hydrogen) atoms. The van der Waals surface area contributed by atoms with Crippen LogP contribution in [0.1, 0.15) is 25.2 Å². The molecule has 1 heterocycles. The zero-order valence-corrected chi connectivity index (χ0v) is 15.8. The summed E-state index contributed by atoms with van der Waals surface area (Å²) in [6.45, 7) is 7.72. The van der Waals surface area contributed by atoms with Gasteiger partial charge in [-0.1, -0.05) is 6.92 Å². The monoisotopic (exact) mass is 392 g/mol. The number of anilines is 2. The van der Waals surface area contributed by atoms with Crippen molar-refractivity contribution in [2.24, 2.45) is 5.92 Å². The second-order valence-electron chi connectivity index (χ2n) is 5.82. The molecular weight excluding hydrogens is 372 g/mol. The van der Waals surface area contributed by atoms with Gasteiger partial charge in [0.2, 0.25) is 11.8 Å². The molecular formula is C17H21BrN4O2. The number of nitrogens with one attached hydrogen (secondary N) is 2. The molecule has 0 aliphatic rings. The van der Waals surface area contributed by atoms with Gasteiger partial charge >= 0.3 is 0 Å². The molecule has 1 unspecified atom stereocenters. The van der Waals surface area contributed by atoms with Crippen LogP contribution in [0.4, 0.5) is 11.4 Å². The average molecular weight is 393 g/mol. The van der Waals surface area contributed by atoms with Crippen molar-refractivity contribution in [2.75, 3.05) is 10.6 Å². The van der Waals surface area contributed by atoms with Gasteiger partial charge in [-0.25, -0.2) is 0 Å². The number of halogens is 1. The number of hydrogen-bond acceptors (Lipinski definition) is 3. The van der Waals surface area contributed by atoms with Crippen molar-refractivity contribution in [3.63, 3.8) is 0 Å². The molecule has 1 aromatic carbocycles. The van der Waals surface area contributed by atoms with Gasteiger partial charge < -0.3 is 10.6 Å². The van der Waals surface area contributed by atoms with Crippen LogP contribution < -0.4 is 10.6 Å². The molecule has 2 rings (SSSR count). The van der Waals surface area contributed by atoms with E-state index in [9.17, 15) is 9.59 Å². The maximum absolute atomic E-state index is 12.3. The van der Waals surface area contributed by atoms with E-state index in [1.54, 1.807) is 24.3 Å². The van der Waals surface area contributed by atoms with Crippen LogP contribution in [0.3, 0.4) is 0 Å². The van der Waals surface area contributed by atoms with Gasteiger partial charge in [0.25, 0.3) is 0 Å². The summed E-state index contributed by atoms with van der Waals surface area (Å²) in [6, 6.07) is 7.02. The van der Waals surface area contributed by atoms with E-state index in [4.69, 9.17) is 0 Å². The van der Waals surface area contributed by atoms with Crippen LogP contribution in [-0.2, 0) is 16.1 Å². The predicted octanol–water partition coefficient (Wildman–Crippen LogP) is 3.50. The summed E-state index contributed by atoms with van der Waals surface area (Å²) in [5.41, 5.74) is 3.30. The number of hydrogen-bond donors (Lipinski definition) is 2. The summed E-state index contributed by atoms with van der Waals surface area (Å²) in [6.07, 6.45) is 0. The first-order chi connectivity index (χ1) is 11.3. The molecule has 0 aliphatic carbocycles. The Morgan fingerprint density at radius 2 is 1.71 bits per heavy atom. The Kier molecular flexibility index (Phi) is 5.77. The van der Waals surface area contributed by atoms with E-state index in [-0.39, 0.29) is 17.7 Å². The van der Waals surface area contributed by atoms with E-state index in [1.807, 2.05) is 25.5 Å². The molecule has 2 amide bonds. The van der Waals surface area contributed by atoms with Crippen LogP contribution in [-0.4, -0.2) is 21.6 Å². The summed E-state index contributed by atoms with van der Waals surface area (Å²) in [5.74, 6) is -0.438. The Labute approximate surface area is 149 Å². The maximum Gasteiger partial charge on any atom is 0.229 e. The first-order valence-electron chi connectivity index (χ1n) is 7.66. The Bertz CT molecular complexity index is 753. The molecule has 1 aromatic heterocycles. The first kappa shape index (κ1) is 18.2. The van der Waals surface area contributed by atoms with Crippen LogP contribution in [0.25, 0.3) is 0 Å². The highest BCUT2D eigenvalue weighted by Crippen LogP contribution is 2.21. The zero-order chi connectivity index (χ0) is 17.9. The summed E-state index contributed by atoms with van der Waals surface area (Å²) >= 11 is 3.49. The lowest BCUT2D eigenvalue weighted by Gasteiger charge is -2.14. The number of aromatic nitrogens is 2. The normalized spacial score (nSPS) is 11.9. The predicted molar refractivity (Wildman–Crippen MR) is 97.9 cm³/mol. The maximum atomic E-state index is 12.3. The molecule has 128 valence electrons. The lowest BCUT2D eigenvalue weighted by molar-refractivity contribution is -0.119. The van der Waals surface area contributed by atoms with Crippen molar-refractivity contribution in [3.05, 3.63) is 40.1 Å². The molecule has 2 N–H and O–H groups in total. The van der Waals surface area contributed by atoms with Crippen molar-refractivity contribution in [3.8, 4) is 0 Å². The minimum atomic E-state index is -0.232. The van der Waals surface area contributed by atoms with Crippen molar-refractivity contribution in [2.45, 2.75) is 34.2 Å². The number of carbonyl (C=O) groups excluding carboxylic acids is 2. The van der Waals surface area contributed by atoms with E-state index in [1.165, 1.54) is 6.92 Å². The topological polar surface area (TPSA) is 76.0 Å². The van der Waals surface area contributed by atoms with Gasteiger partial charge in [0.05, 0.1) is 22.6 Å². The van der Waals surface area contributed by atoms with E-state index < -0.39 is 0 Å². The highest BCUT2D eigenvalue weighted by molar-refractivity contribution is 9.10. The largest absolute Gasteiger partial charge is 0.326 e. The van der Waals surface area contributed by atoms with E-state index in [0.29, 0.717) is 17.9 Å². The van der Waals surface area contributed by atoms with Gasteiger partial charge in [-0.05, 0) is 54.0 Å². The second kappa shape index (κ2) is 7.61. The molecule has 0 bridgehead atoms. The molecule has 0 fully saturated rings. The second-order valence-corrected chi connectivity index (χ2v) is 6.61. The minimum absolute atomic E-state index is 0.0778. The quantitative estimate of drug-likeness (QED) is 0.817. The molecule has 7 heteroatoms. The molecule has 0 aliphatic heterocycles. The van der Waals surface area contributed by atoms with Crippen LogP contribution in [0.15, 0.2) is 28.7 Å². The lowest BCUT2D eigenvalue weighted by Crippen LogP contribution is -2.25. The van der Waals surface area contributed by atoms with Gasteiger partial charge in [0.15, 0.2) is 0 Å². The van der Waals surface area contributed by atoms with Gasteiger partial charge in [0.1, 0.15) is 0 Å². The van der Waals surface area contributed by atoms with Crippen LogP contribution in [0.2, 0.25) is 0 Å². The SMILES string of the molecule is CC(=O)Nc1ccc(NC(=O)C(C)Cn2nc(C)c(Br)c2C)cc1. The van der Waals surface area contributed by atoms with E-state index in [0.717, 1.165) is 15.9 Å². The smallest absolute Gasteiger partial charge is 0.229 e. The third kappa shape index (κ3) is 4.44. The van der Waals surface area contributed by atoms with Crippen LogP contribution in [0.5, 0.6) is 0 Å². The zero-order valence-electron chi connectivity index (χ0n) is 14.2. The molecule has 0 radical (unpaired) electrons. The van der Waals surface area contributed by atoms with Gasteiger partial charge in [0, 0.05) is 24.0 Å². The molecule has 1 atom stereocenters. The van der Waals surface area contributed by atoms with Gasteiger partial charge in [-0.15, -0.1) is 0 Å². The fourth-order valence-electron chi connectivity index (χ4n) is 2.30. The van der Waals surface area contributed by atoms with Crippen LogP contribution in [0, 0.1) is 19.8 Å². The minimum Gasteiger partial charge on any atom is -0.326 e. The number of nitrogens with zero attached hydrogens (tertiary/aromatic N) is 2. The Morgan fingerprint density at radius 3 is 2.17 bits per heavy atom. The Hall–Kier alpha value is -2.15. The molecule has 6 nitrogen and oxygen atoms in total. The summed E-state index contributed by atoms with van der Waals surface area (Å²) in [5, 5.41) is 9.99. The summed E-state index contributed by atoms with van der Waals surface area (Å²) < 4.78 is 2.81. The van der Waals surface area contributed by atoms with Crippen LogP contribution >= 0.6 is 15.9 Å².